The summed E-state index contributed by atoms with van der Waals surface area (Å²) in [5, 5.41) is 0. The minimum absolute atomic E-state index is 0.590. The molecule has 1 nitrogen and oxygen atoms in total. The van der Waals surface area contributed by atoms with E-state index >= 15 is 0 Å². The third kappa shape index (κ3) is 1.63. The highest BCUT2D eigenvalue weighted by atomic mass is 16.5. The smallest absolute Gasteiger partial charge is 0.0525 e. The van der Waals surface area contributed by atoms with Gasteiger partial charge < -0.3 is 4.74 Å². The van der Waals surface area contributed by atoms with Crippen LogP contribution in [0.4, 0.5) is 0 Å². The number of rotatable bonds is 1. The fourth-order valence-corrected chi connectivity index (χ4v) is 3.57. The maximum Gasteiger partial charge on any atom is 0.0525 e. The van der Waals surface area contributed by atoms with Crippen molar-refractivity contribution >= 4 is 0 Å². The van der Waals surface area contributed by atoms with E-state index in [1.807, 2.05) is 0 Å². The van der Waals surface area contributed by atoms with Crippen LogP contribution in [0.2, 0.25) is 0 Å². The van der Waals surface area contributed by atoms with Crippen LogP contribution in [0.25, 0.3) is 0 Å². The lowest BCUT2D eigenvalue weighted by Gasteiger charge is -2.40. The maximum absolute atomic E-state index is 5.69. The van der Waals surface area contributed by atoms with Gasteiger partial charge in [-0.1, -0.05) is 20.3 Å². The molecule has 0 amide bonds. The van der Waals surface area contributed by atoms with Gasteiger partial charge in [0.15, 0.2) is 0 Å². The molecule has 1 heterocycles. The first-order valence-electron chi connectivity index (χ1n) is 5.82. The van der Waals surface area contributed by atoms with E-state index in [0.29, 0.717) is 5.41 Å². The number of hydrogen-bond acceptors (Lipinski definition) is 1. The highest BCUT2D eigenvalue weighted by Gasteiger charge is 2.44. The zero-order valence-electron chi connectivity index (χ0n) is 9.01. The van der Waals surface area contributed by atoms with Crippen LogP contribution >= 0.6 is 0 Å². The molecule has 1 saturated heterocycles. The fraction of sp³-hybridized carbons (Fsp3) is 1.00. The Balaban J connectivity index is 2.09. The predicted octanol–water partition coefficient (Wildman–Crippen LogP) is 3.24. The lowest BCUT2D eigenvalue weighted by atomic mass is 9.69. The molecule has 2 unspecified atom stereocenters. The van der Waals surface area contributed by atoms with Crippen LogP contribution in [-0.4, -0.2) is 13.2 Å². The summed E-state index contributed by atoms with van der Waals surface area (Å²) < 4.78 is 5.69. The first kappa shape index (κ1) is 9.51. The molecule has 0 aromatic rings. The molecule has 13 heavy (non-hydrogen) atoms. The summed E-state index contributed by atoms with van der Waals surface area (Å²) in [4.78, 5) is 0. The van der Waals surface area contributed by atoms with Crippen molar-refractivity contribution < 1.29 is 4.74 Å². The summed E-state index contributed by atoms with van der Waals surface area (Å²) in [5.74, 6) is 1.79. The van der Waals surface area contributed by atoms with E-state index in [4.69, 9.17) is 4.74 Å². The van der Waals surface area contributed by atoms with Crippen LogP contribution < -0.4 is 0 Å². The van der Waals surface area contributed by atoms with Crippen LogP contribution in [0.15, 0.2) is 0 Å². The van der Waals surface area contributed by atoms with Gasteiger partial charge >= 0.3 is 0 Å². The second-order valence-electron chi connectivity index (χ2n) is 5.26. The third-order valence-electron chi connectivity index (χ3n) is 4.13. The van der Waals surface area contributed by atoms with Crippen LogP contribution in [0.3, 0.4) is 0 Å². The molecule has 1 heteroatoms. The van der Waals surface area contributed by atoms with Gasteiger partial charge in [-0.3, -0.25) is 0 Å². The van der Waals surface area contributed by atoms with Crippen molar-refractivity contribution in [2.75, 3.05) is 13.2 Å². The number of hydrogen-bond donors (Lipinski definition) is 0. The molecule has 1 spiro atoms. The van der Waals surface area contributed by atoms with Crippen molar-refractivity contribution in [1.29, 1.82) is 0 Å². The molecule has 2 atom stereocenters. The van der Waals surface area contributed by atoms with Crippen molar-refractivity contribution in [2.24, 2.45) is 17.3 Å². The second-order valence-corrected chi connectivity index (χ2v) is 5.26. The standard InChI is InChI=1S/C12H22O/c1-10(2)11-5-3-6-12(11)7-4-8-13-9-12/h10-11H,3-9H2,1-2H3. The Labute approximate surface area is 81.9 Å². The zero-order valence-corrected chi connectivity index (χ0v) is 9.01. The minimum Gasteiger partial charge on any atom is -0.381 e. The summed E-state index contributed by atoms with van der Waals surface area (Å²) in [6.07, 6.45) is 7.03. The predicted molar refractivity (Wildman–Crippen MR) is 54.7 cm³/mol. The van der Waals surface area contributed by atoms with E-state index in [-0.39, 0.29) is 0 Å². The molecule has 76 valence electrons. The lowest BCUT2D eigenvalue weighted by molar-refractivity contribution is -0.0399. The zero-order chi connectivity index (χ0) is 9.31. The maximum atomic E-state index is 5.69. The molecule has 2 aliphatic rings. The summed E-state index contributed by atoms with van der Waals surface area (Å²) in [6.45, 7) is 6.82. The lowest BCUT2D eigenvalue weighted by Crippen LogP contribution is -2.37. The van der Waals surface area contributed by atoms with Crippen LogP contribution in [0, 0.1) is 17.3 Å². The average Bonchev–Trinajstić information content (AvgIpc) is 2.50. The minimum atomic E-state index is 0.590. The second kappa shape index (κ2) is 3.61. The molecular weight excluding hydrogens is 160 g/mol. The highest BCUT2D eigenvalue weighted by molar-refractivity contribution is 4.94. The van der Waals surface area contributed by atoms with Crippen LogP contribution in [0.5, 0.6) is 0 Å². The molecular formula is C12H22O. The van der Waals surface area contributed by atoms with Gasteiger partial charge in [0.05, 0.1) is 6.61 Å². The van der Waals surface area contributed by atoms with E-state index in [2.05, 4.69) is 13.8 Å². The Hall–Kier alpha value is -0.0400. The van der Waals surface area contributed by atoms with Gasteiger partial charge in [-0.05, 0) is 42.9 Å². The molecule has 0 radical (unpaired) electrons. The Morgan fingerprint density at radius 1 is 1.23 bits per heavy atom. The summed E-state index contributed by atoms with van der Waals surface area (Å²) in [7, 11) is 0. The largest absolute Gasteiger partial charge is 0.381 e. The van der Waals surface area contributed by atoms with Crippen molar-refractivity contribution in [2.45, 2.75) is 46.0 Å². The Kier molecular flexibility index (Phi) is 2.64. The van der Waals surface area contributed by atoms with Gasteiger partial charge in [0.2, 0.25) is 0 Å². The Bertz CT molecular complexity index is 168. The topological polar surface area (TPSA) is 9.23 Å². The highest BCUT2D eigenvalue weighted by Crippen LogP contribution is 2.51. The van der Waals surface area contributed by atoms with Crippen molar-refractivity contribution in [3.05, 3.63) is 0 Å². The van der Waals surface area contributed by atoms with E-state index in [0.717, 1.165) is 25.0 Å². The molecule has 1 saturated carbocycles. The van der Waals surface area contributed by atoms with E-state index in [9.17, 15) is 0 Å². The van der Waals surface area contributed by atoms with Crippen molar-refractivity contribution in [3.8, 4) is 0 Å². The first-order valence-corrected chi connectivity index (χ1v) is 5.82. The first-order chi connectivity index (χ1) is 6.25. The van der Waals surface area contributed by atoms with Gasteiger partial charge in [-0.2, -0.15) is 0 Å². The van der Waals surface area contributed by atoms with Crippen LogP contribution in [0.1, 0.15) is 46.0 Å². The van der Waals surface area contributed by atoms with Gasteiger partial charge in [-0.25, -0.2) is 0 Å². The average molecular weight is 182 g/mol. The summed E-state index contributed by atoms with van der Waals surface area (Å²) in [6, 6.07) is 0. The SMILES string of the molecule is CC(C)C1CCCC12CCCOC2. The Morgan fingerprint density at radius 2 is 2.00 bits per heavy atom. The van der Waals surface area contributed by atoms with Gasteiger partial charge in [0, 0.05) is 6.61 Å². The third-order valence-corrected chi connectivity index (χ3v) is 4.13. The quantitative estimate of drug-likeness (QED) is 0.605. The Morgan fingerprint density at radius 3 is 2.62 bits per heavy atom. The molecule has 0 N–H and O–H groups in total. The molecule has 0 aromatic heterocycles. The molecule has 0 bridgehead atoms. The van der Waals surface area contributed by atoms with Crippen molar-refractivity contribution in [1.82, 2.24) is 0 Å². The van der Waals surface area contributed by atoms with Gasteiger partial charge in [0.1, 0.15) is 0 Å². The summed E-state index contributed by atoms with van der Waals surface area (Å²) in [5.41, 5.74) is 0.590. The van der Waals surface area contributed by atoms with Gasteiger partial charge in [0.25, 0.3) is 0 Å². The molecule has 1 aliphatic heterocycles. The van der Waals surface area contributed by atoms with E-state index in [1.165, 1.54) is 32.1 Å². The molecule has 0 aromatic carbocycles. The molecule has 2 fully saturated rings. The monoisotopic (exact) mass is 182 g/mol. The number of ether oxygens (including phenoxy) is 1. The summed E-state index contributed by atoms with van der Waals surface area (Å²) >= 11 is 0. The van der Waals surface area contributed by atoms with E-state index < -0.39 is 0 Å². The molecule has 2 rings (SSSR count). The van der Waals surface area contributed by atoms with Gasteiger partial charge in [-0.15, -0.1) is 0 Å². The van der Waals surface area contributed by atoms with Crippen LogP contribution in [-0.2, 0) is 4.74 Å². The van der Waals surface area contributed by atoms with E-state index in [1.54, 1.807) is 0 Å². The normalized spacial score (nSPS) is 40.4. The molecule has 1 aliphatic carbocycles. The fourth-order valence-electron chi connectivity index (χ4n) is 3.57. The van der Waals surface area contributed by atoms with Crippen molar-refractivity contribution in [3.63, 3.8) is 0 Å².